The fraction of sp³-hybridized carbons (Fsp3) is 0.211. The first-order chi connectivity index (χ1) is 13.7. The topological polar surface area (TPSA) is 121 Å². The van der Waals surface area contributed by atoms with Crippen molar-refractivity contribution in [3.8, 4) is 0 Å². The van der Waals surface area contributed by atoms with Gasteiger partial charge < -0.3 is 9.30 Å². The van der Waals surface area contributed by atoms with Crippen molar-refractivity contribution in [3.05, 3.63) is 64.3 Å². The molecular formula is C19H19N3O6S. The van der Waals surface area contributed by atoms with Crippen LogP contribution >= 0.6 is 0 Å². The lowest BCUT2D eigenvalue weighted by molar-refractivity contribution is -0.384. The molecule has 0 aliphatic carbocycles. The van der Waals surface area contributed by atoms with Crippen molar-refractivity contribution in [1.29, 1.82) is 0 Å². The maximum absolute atomic E-state index is 13.1. The van der Waals surface area contributed by atoms with Crippen LogP contribution in [0.4, 0.5) is 11.4 Å². The summed E-state index contributed by atoms with van der Waals surface area (Å²) in [5.74, 6) is -0.576. The van der Waals surface area contributed by atoms with Crippen LogP contribution in [0.25, 0.3) is 10.9 Å². The van der Waals surface area contributed by atoms with Crippen molar-refractivity contribution in [2.45, 2.75) is 24.8 Å². The number of carbonyl (C=O) groups is 1. The average molecular weight is 417 g/mol. The molecule has 3 aromatic rings. The number of nitro groups is 1. The monoisotopic (exact) mass is 417 g/mol. The first kappa shape index (κ1) is 20.3. The van der Waals surface area contributed by atoms with Crippen LogP contribution in [0.1, 0.15) is 12.5 Å². The molecule has 1 heterocycles. The smallest absolute Gasteiger partial charge is 0.325 e. The molecule has 0 amide bonds. The molecule has 2 aromatic carbocycles. The quantitative estimate of drug-likeness (QED) is 0.358. The summed E-state index contributed by atoms with van der Waals surface area (Å²) in [4.78, 5) is 22.1. The first-order valence-electron chi connectivity index (χ1n) is 8.71. The Morgan fingerprint density at radius 2 is 2.00 bits per heavy atom. The second kappa shape index (κ2) is 7.92. The summed E-state index contributed by atoms with van der Waals surface area (Å²) in [7, 11) is -2.85. The van der Waals surface area contributed by atoms with E-state index in [9.17, 15) is 23.3 Å². The Balaban J connectivity index is 2.13. The number of hydrogen-bond acceptors (Lipinski definition) is 6. The van der Waals surface area contributed by atoms with E-state index in [-0.39, 0.29) is 22.5 Å². The fourth-order valence-corrected chi connectivity index (χ4v) is 4.25. The Morgan fingerprint density at radius 3 is 2.66 bits per heavy atom. The van der Waals surface area contributed by atoms with Crippen LogP contribution in [-0.2, 0) is 32.5 Å². The maximum Gasteiger partial charge on any atom is 0.325 e. The van der Waals surface area contributed by atoms with E-state index < -0.39 is 20.9 Å². The van der Waals surface area contributed by atoms with E-state index in [4.69, 9.17) is 0 Å². The largest absolute Gasteiger partial charge is 0.468 e. The van der Waals surface area contributed by atoms with Gasteiger partial charge in [0, 0.05) is 29.4 Å². The number of anilines is 1. The molecule has 0 spiro atoms. The third-order valence-corrected chi connectivity index (χ3v) is 5.85. The van der Waals surface area contributed by atoms with E-state index in [1.165, 1.54) is 36.1 Å². The van der Waals surface area contributed by atoms with Gasteiger partial charge in [-0.25, -0.2) is 8.42 Å². The zero-order chi connectivity index (χ0) is 21.2. The number of non-ortho nitro benzene ring substituents is 1. The van der Waals surface area contributed by atoms with Crippen molar-refractivity contribution in [3.63, 3.8) is 0 Å². The number of esters is 1. The van der Waals surface area contributed by atoms with Crippen LogP contribution in [0, 0.1) is 10.1 Å². The SMILES string of the molecule is CCc1cccc(NS(=O)(=O)c2cn(CC(=O)OC)c3ccc([N+](=O)[O-])cc23)c1. The molecule has 152 valence electrons. The van der Waals surface area contributed by atoms with Gasteiger partial charge in [-0.2, -0.15) is 0 Å². The molecule has 0 fully saturated rings. The number of rotatable bonds is 7. The van der Waals surface area contributed by atoms with Crippen molar-refractivity contribution < 1.29 is 22.9 Å². The minimum absolute atomic E-state index is 0.141. The second-order valence-electron chi connectivity index (χ2n) is 6.32. The summed E-state index contributed by atoms with van der Waals surface area (Å²) in [5.41, 5.74) is 1.44. The molecule has 0 radical (unpaired) electrons. The van der Waals surface area contributed by atoms with Gasteiger partial charge in [-0.05, 0) is 30.2 Å². The van der Waals surface area contributed by atoms with Gasteiger partial charge in [0.2, 0.25) is 0 Å². The highest BCUT2D eigenvalue weighted by Gasteiger charge is 2.24. The third-order valence-electron chi connectivity index (χ3n) is 4.44. The number of nitro benzene ring substituents is 1. The number of methoxy groups -OCH3 is 1. The van der Waals surface area contributed by atoms with E-state index in [0.717, 1.165) is 12.0 Å². The fourth-order valence-electron chi connectivity index (χ4n) is 2.98. The molecule has 1 N–H and O–H groups in total. The molecule has 0 saturated heterocycles. The zero-order valence-electron chi connectivity index (χ0n) is 15.8. The molecule has 10 heteroatoms. The van der Waals surface area contributed by atoms with Crippen molar-refractivity contribution in [2.75, 3.05) is 11.8 Å². The molecule has 0 saturated carbocycles. The molecule has 3 rings (SSSR count). The summed E-state index contributed by atoms with van der Waals surface area (Å²) >= 11 is 0. The van der Waals surface area contributed by atoms with E-state index in [1.807, 2.05) is 13.0 Å². The number of ether oxygens (including phenoxy) is 1. The van der Waals surface area contributed by atoms with Crippen molar-refractivity contribution in [1.82, 2.24) is 4.57 Å². The van der Waals surface area contributed by atoms with Gasteiger partial charge in [-0.15, -0.1) is 0 Å². The van der Waals surface area contributed by atoms with E-state index in [1.54, 1.807) is 18.2 Å². The summed E-state index contributed by atoms with van der Waals surface area (Å²) in [6.07, 6.45) is 2.01. The van der Waals surface area contributed by atoms with Crippen LogP contribution in [0.3, 0.4) is 0 Å². The lowest BCUT2D eigenvalue weighted by atomic mass is 10.1. The number of hydrogen-bond donors (Lipinski definition) is 1. The lowest BCUT2D eigenvalue weighted by Crippen LogP contribution is -2.13. The highest BCUT2D eigenvalue weighted by molar-refractivity contribution is 7.93. The predicted molar refractivity (Wildman–Crippen MR) is 107 cm³/mol. The van der Waals surface area contributed by atoms with E-state index in [0.29, 0.717) is 11.2 Å². The molecule has 9 nitrogen and oxygen atoms in total. The van der Waals surface area contributed by atoms with Gasteiger partial charge in [0.05, 0.1) is 17.5 Å². The van der Waals surface area contributed by atoms with Gasteiger partial charge >= 0.3 is 5.97 Å². The Kier molecular flexibility index (Phi) is 5.55. The normalized spacial score (nSPS) is 11.4. The minimum atomic E-state index is -4.07. The molecule has 0 aliphatic rings. The van der Waals surface area contributed by atoms with Gasteiger partial charge in [-0.3, -0.25) is 19.6 Å². The first-order valence-corrected chi connectivity index (χ1v) is 10.2. The van der Waals surface area contributed by atoms with Gasteiger partial charge in [-0.1, -0.05) is 19.1 Å². The number of nitrogens with zero attached hydrogens (tertiary/aromatic N) is 2. The molecule has 1 aromatic heterocycles. The Labute approximate surface area is 167 Å². The number of aromatic nitrogens is 1. The van der Waals surface area contributed by atoms with Gasteiger partial charge in [0.25, 0.3) is 15.7 Å². The second-order valence-corrected chi connectivity index (χ2v) is 7.97. The highest BCUT2D eigenvalue weighted by Crippen LogP contribution is 2.30. The number of carbonyl (C=O) groups excluding carboxylic acids is 1. The lowest BCUT2D eigenvalue weighted by Gasteiger charge is -2.08. The molecular weight excluding hydrogens is 398 g/mol. The molecule has 0 unspecified atom stereocenters. The van der Waals surface area contributed by atoms with Crippen LogP contribution in [0.5, 0.6) is 0 Å². The van der Waals surface area contributed by atoms with Gasteiger partial charge in [0.15, 0.2) is 0 Å². The summed E-state index contributed by atoms with van der Waals surface area (Å²) in [5, 5.41) is 11.3. The van der Waals surface area contributed by atoms with Crippen LogP contribution in [-0.4, -0.2) is 31.0 Å². The zero-order valence-corrected chi connectivity index (χ0v) is 16.6. The predicted octanol–water partition coefficient (Wildman–Crippen LogP) is 3.09. The van der Waals surface area contributed by atoms with E-state index in [2.05, 4.69) is 9.46 Å². The molecule has 29 heavy (non-hydrogen) atoms. The Bertz CT molecular complexity index is 1200. The summed E-state index contributed by atoms with van der Waals surface area (Å²) < 4.78 is 34.7. The number of fused-ring (bicyclic) bond motifs is 1. The van der Waals surface area contributed by atoms with Crippen LogP contribution in [0.15, 0.2) is 53.6 Å². The van der Waals surface area contributed by atoms with Gasteiger partial charge in [0.1, 0.15) is 11.4 Å². The number of nitrogens with one attached hydrogen (secondary N) is 1. The number of sulfonamides is 1. The van der Waals surface area contributed by atoms with Crippen LogP contribution < -0.4 is 4.72 Å². The number of aryl methyl sites for hydroxylation is 1. The van der Waals surface area contributed by atoms with Crippen molar-refractivity contribution >= 4 is 38.3 Å². The average Bonchev–Trinajstić information content (AvgIpc) is 3.06. The Morgan fingerprint density at radius 1 is 1.24 bits per heavy atom. The molecule has 0 atom stereocenters. The van der Waals surface area contributed by atoms with E-state index >= 15 is 0 Å². The van der Waals surface area contributed by atoms with Crippen LogP contribution in [0.2, 0.25) is 0 Å². The third kappa shape index (κ3) is 4.21. The maximum atomic E-state index is 13.1. The summed E-state index contributed by atoms with van der Waals surface area (Å²) in [6, 6.07) is 10.8. The number of benzene rings is 2. The standard InChI is InChI=1S/C19H19N3O6S/c1-3-13-5-4-6-14(9-13)20-29(26,27)18-11-21(12-19(23)28-2)17-8-7-15(22(24)25)10-16(17)18/h4-11,20H,3,12H2,1-2H3. The molecule has 0 aliphatic heterocycles. The highest BCUT2D eigenvalue weighted by atomic mass is 32.2. The minimum Gasteiger partial charge on any atom is -0.468 e. The molecule has 0 bridgehead atoms. The van der Waals surface area contributed by atoms with Crippen molar-refractivity contribution in [2.24, 2.45) is 0 Å². The summed E-state index contributed by atoms with van der Waals surface area (Å²) in [6.45, 7) is 1.72. The Hall–Kier alpha value is -3.40.